The molecule has 0 saturated heterocycles. The highest BCUT2D eigenvalue weighted by atomic mass is 35.5. The molecule has 3 aromatic rings. The summed E-state index contributed by atoms with van der Waals surface area (Å²) in [6, 6.07) is 11.6. The van der Waals surface area contributed by atoms with Crippen molar-refractivity contribution in [3.05, 3.63) is 80.1 Å². The molecule has 0 spiro atoms. The van der Waals surface area contributed by atoms with Crippen molar-refractivity contribution in [2.45, 2.75) is 6.92 Å². The van der Waals surface area contributed by atoms with E-state index < -0.39 is 16.5 Å². The Morgan fingerprint density at radius 3 is 2.48 bits per heavy atom. The van der Waals surface area contributed by atoms with Crippen LogP contribution in [-0.2, 0) is 0 Å². The molecule has 0 unspecified atom stereocenters. The van der Waals surface area contributed by atoms with Crippen LogP contribution in [0, 0.1) is 17.0 Å². The van der Waals surface area contributed by atoms with Gasteiger partial charge in [0, 0.05) is 11.3 Å². The fourth-order valence-electron chi connectivity index (χ4n) is 2.46. The molecule has 0 bridgehead atoms. The summed E-state index contributed by atoms with van der Waals surface area (Å²) in [4.78, 5) is 31.1. The first-order chi connectivity index (χ1) is 13.9. The molecule has 0 aliphatic rings. The van der Waals surface area contributed by atoms with Crippen LogP contribution in [0.1, 0.15) is 15.9 Å². The van der Waals surface area contributed by atoms with Crippen LogP contribution in [0.3, 0.4) is 0 Å². The lowest BCUT2D eigenvalue weighted by atomic mass is 10.1. The van der Waals surface area contributed by atoms with E-state index in [1.165, 1.54) is 6.07 Å². The third-order valence-electron chi connectivity index (χ3n) is 3.87. The van der Waals surface area contributed by atoms with Gasteiger partial charge in [0.2, 0.25) is 11.6 Å². The van der Waals surface area contributed by atoms with E-state index in [0.717, 1.165) is 11.9 Å². The second-order valence-electron chi connectivity index (χ2n) is 5.82. The second-order valence-corrected chi connectivity index (χ2v) is 6.64. The Hall–Kier alpha value is -3.43. The summed E-state index contributed by atoms with van der Waals surface area (Å²) < 4.78 is 0. The zero-order valence-electron chi connectivity index (χ0n) is 14.9. The van der Waals surface area contributed by atoms with Gasteiger partial charge in [0.15, 0.2) is 0 Å². The number of rotatable bonds is 6. The predicted octanol–water partition coefficient (Wildman–Crippen LogP) is 4.50. The van der Waals surface area contributed by atoms with E-state index in [-0.39, 0.29) is 16.7 Å². The number of benzene rings is 2. The molecule has 0 aliphatic heterocycles. The molecule has 0 aliphatic carbocycles. The number of aromatic nitrogens is 2. The van der Waals surface area contributed by atoms with Crippen LogP contribution >= 0.6 is 23.2 Å². The van der Waals surface area contributed by atoms with Crippen LogP contribution in [0.25, 0.3) is 0 Å². The standard InChI is InChI=1S/C18H14Cl2N6O3/c1-10-4-2-3-5-12(10)18(27)25-24-17-15(26(28)29)16(21-9-22-17)23-11-6-7-13(19)14(20)8-11/h2-9H,1H3,(H,25,27)(H2,21,22,23,24). The maximum Gasteiger partial charge on any atom is 0.355 e. The maximum atomic E-state index is 12.3. The molecule has 11 heteroatoms. The molecule has 0 fully saturated rings. The number of carbonyl (C=O) groups is 1. The highest BCUT2D eigenvalue weighted by molar-refractivity contribution is 6.42. The molecule has 0 atom stereocenters. The number of amides is 1. The van der Waals surface area contributed by atoms with Crippen LogP contribution in [0.4, 0.5) is 23.0 Å². The number of nitrogens with one attached hydrogen (secondary N) is 3. The molecule has 3 rings (SSSR count). The summed E-state index contributed by atoms with van der Waals surface area (Å²) in [5.41, 5.74) is 6.06. The molecule has 0 radical (unpaired) electrons. The van der Waals surface area contributed by atoms with Crippen LogP contribution in [0.5, 0.6) is 0 Å². The zero-order valence-corrected chi connectivity index (χ0v) is 16.5. The monoisotopic (exact) mass is 432 g/mol. The average molecular weight is 433 g/mol. The number of hydrazine groups is 1. The summed E-state index contributed by atoms with van der Waals surface area (Å²) in [5, 5.41) is 15.0. The zero-order chi connectivity index (χ0) is 21.0. The lowest BCUT2D eigenvalue weighted by Gasteiger charge is -2.12. The molecule has 29 heavy (non-hydrogen) atoms. The lowest BCUT2D eigenvalue weighted by molar-refractivity contribution is -0.383. The Morgan fingerprint density at radius 2 is 1.79 bits per heavy atom. The van der Waals surface area contributed by atoms with E-state index in [1.54, 1.807) is 43.3 Å². The minimum Gasteiger partial charge on any atom is -0.334 e. The minimum absolute atomic E-state index is 0.0870. The molecule has 1 amide bonds. The van der Waals surface area contributed by atoms with E-state index in [1.807, 2.05) is 0 Å². The Morgan fingerprint density at radius 1 is 1.07 bits per heavy atom. The first kappa shape index (κ1) is 20.3. The van der Waals surface area contributed by atoms with E-state index >= 15 is 0 Å². The van der Waals surface area contributed by atoms with Gasteiger partial charge < -0.3 is 5.32 Å². The molecule has 3 N–H and O–H groups in total. The topological polar surface area (TPSA) is 122 Å². The van der Waals surface area contributed by atoms with Gasteiger partial charge in [0.25, 0.3) is 5.91 Å². The molecule has 1 aromatic heterocycles. The number of anilines is 3. The van der Waals surface area contributed by atoms with Crippen molar-refractivity contribution in [3.63, 3.8) is 0 Å². The Kier molecular flexibility index (Phi) is 6.10. The Labute approximate surface area is 175 Å². The normalized spacial score (nSPS) is 10.3. The lowest BCUT2D eigenvalue weighted by Crippen LogP contribution is -2.30. The predicted molar refractivity (Wildman–Crippen MR) is 111 cm³/mol. The van der Waals surface area contributed by atoms with E-state index in [2.05, 4.69) is 26.1 Å². The Balaban J connectivity index is 1.85. The minimum atomic E-state index is -0.665. The van der Waals surface area contributed by atoms with Crippen LogP contribution in [0.2, 0.25) is 10.0 Å². The molecule has 0 saturated carbocycles. The van der Waals surface area contributed by atoms with Gasteiger partial charge in [-0.2, -0.15) is 0 Å². The van der Waals surface area contributed by atoms with Gasteiger partial charge in [-0.05, 0) is 36.8 Å². The van der Waals surface area contributed by atoms with Crippen LogP contribution in [-0.4, -0.2) is 20.8 Å². The molecular weight excluding hydrogens is 419 g/mol. The molecule has 2 aromatic carbocycles. The Bertz CT molecular complexity index is 1090. The average Bonchev–Trinajstić information content (AvgIpc) is 2.69. The number of aryl methyl sites for hydroxylation is 1. The third-order valence-corrected chi connectivity index (χ3v) is 4.61. The number of hydrogen-bond acceptors (Lipinski definition) is 7. The van der Waals surface area contributed by atoms with Gasteiger partial charge in [-0.15, -0.1) is 0 Å². The van der Waals surface area contributed by atoms with E-state index in [4.69, 9.17) is 23.2 Å². The number of hydrogen-bond donors (Lipinski definition) is 3. The molecule has 9 nitrogen and oxygen atoms in total. The van der Waals surface area contributed by atoms with Gasteiger partial charge in [-0.3, -0.25) is 25.8 Å². The van der Waals surface area contributed by atoms with Crippen molar-refractivity contribution in [3.8, 4) is 0 Å². The van der Waals surface area contributed by atoms with Crippen LogP contribution in [0.15, 0.2) is 48.8 Å². The van der Waals surface area contributed by atoms with Crippen molar-refractivity contribution < 1.29 is 9.72 Å². The molecular formula is C18H14Cl2N6O3. The van der Waals surface area contributed by atoms with E-state index in [0.29, 0.717) is 16.3 Å². The summed E-state index contributed by atoms with van der Waals surface area (Å²) in [6.45, 7) is 1.78. The van der Waals surface area contributed by atoms with Gasteiger partial charge >= 0.3 is 5.69 Å². The molecule has 1 heterocycles. The highest BCUT2D eigenvalue weighted by Gasteiger charge is 2.24. The van der Waals surface area contributed by atoms with Crippen molar-refractivity contribution in [2.75, 3.05) is 10.7 Å². The maximum absolute atomic E-state index is 12.3. The van der Waals surface area contributed by atoms with Gasteiger partial charge in [0.1, 0.15) is 6.33 Å². The summed E-state index contributed by atoms with van der Waals surface area (Å²) in [7, 11) is 0. The highest BCUT2D eigenvalue weighted by Crippen LogP contribution is 2.32. The first-order valence-electron chi connectivity index (χ1n) is 8.20. The quantitative estimate of drug-likeness (QED) is 0.386. The van der Waals surface area contributed by atoms with Gasteiger partial charge in [-0.25, -0.2) is 9.97 Å². The van der Waals surface area contributed by atoms with Crippen molar-refractivity contribution in [1.82, 2.24) is 15.4 Å². The van der Waals surface area contributed by atoms with Crippen molar-refractivity contribution >= 4 is 52.1 Å². The third kappa shape index (κ3) is 4.71. The molecule has 148 valence electrons. The summed E-state index contributed by atoms with van der Waals surface area (Å²) in [5.74, 6) is -0.736. The summed E-state index contributed by atoms with van der Waals surface area (Å²) >= 11 is 11.9. The number of halogens is 2. The van der Waals surface area contributed by atoms with Crippen molar-refractivity contribution in [2.24, 2.45) is 0 Å². The van der Waals surface area contributed by atoms with Crippen molar-refractivity contribution in [1.29, 1.82) is 0 Å². The van der Waals surface area contributed by atoms with Crippen LogP contribution < -0.4 is 16.2 Å². The second kappa shape index (κ2) is 8.72. The summed E-state index contributed by atoms with van der Waals surface area (Å²) in [6.07, 6.45) is 1.12. The number of nitro groups is 1. The first-order valence-corrected chi connectivity index (χ1v) is 8.96. The smallest absolute Gasteiger partial charge is 0.334 e. The number of carbonyl (C=O) groups excluding carboxylic acids is 1. The fraction of sp³-hybridized carbons (Fsp3) is 0.0556. The van der Waals surface area contributed by atoms with Gasteiger partial charge in [-0.1, -0.05) is 41.4 Å². The van der Waals surface area contributed by atoms with Gasteiger partial charge in [0.05, 0.1) is 15.0 Å². The fourth-order valence-corrected chi connectivity index (χ4v) is 2.75. The largest absolute Gasteiger partial charge is 0.355 e. The SMILES string of the molecule is Cc1ccccc1C(=O)NNc1ncnc(Nc2ccc(Cl)c(Cl)c2)c1[N+](=O)[O-]. The number of nitrogens with zero attached hydrogens (tertiary/aromatic N) is 3. The van der Waals surface area contributed by atoms with E-state index in [9.17, 15) is 14.9 Å².